The molecule has 2 aromatic rings. The fourth-order valence-electron chi connectivity index (χ4n) is 5.65. The quantitative estimate of drug-likeness (QED) is 0.100. The number of halogens is 3. The largest absolute Gasteiger partial charge is 0.493 e. The summed E-state index contributed by atoms with van der Waals surface area (Å²) in [5.41, 5.74) is 2.82. The lowest BCUT2D eigenvalue weighted by atomic mass is 9.82. The minimum atomic E-state index is -4.47. The van der Waals surface area contributed by atoms with Crippen LogP contribution >= 0.6 is 0 Å². The van der Waals surface area contributed by atoms with Gasteiger partial charge in [-0.25, -0.2) is 4.79 Å². The van der Waals surface area contributed by atoms with Gasteiger partial charge in [0.2, 0.25) is 0 Å². The summed E-state index contributed by atoms with van der Waals surface area (Å²) in [6.45, 7) is 1.01. The number of benzene rings is 2. The van der Waals surface area contributed by atoms with Gasteiger partial charge in [-0.1, -0.05) is 48.6 Å². The van der Waals surface area contributed by atoms with Crippen LogP contribution in [0, 0.1) is 11.8 Å². The van der Waals surface area contributed by atoms with E-state index in [1.165, 1.54) is 13.2 Å². The van der Waals surface area contributed by atoms with Gasteiger partial charge in [-0.15, -0.1) is 5.73 Å². The minimum Gasteiger partial charge on any atom is -0.493 e. The maximum atomic E-state index is 13.5. The Bertz CT molecular complexity index is 1310. The Kier molecular flexibility index (Phi) is 12.4. The van der Waals surface area contributed by atoms with Crippen molar-refractivity contribution in [3.8, 4) is 5.75 Å². The molecule has 6 nitrogen and oxygen atoms in total. The van der Waals surface area contributed by atoms with Crippen molar-refractivity contribution < 1.29 is 41.7 Å². The molecule has 0 bridgehead atoms. The fourth-order valence-corrected chi connectivity index (χ4v) is 5.65. The second-order valence-corrected chi connectivity index (χ2v) is 11.0. The van der Waals surface area contributed by atoms with Crippen LogP contribution < -0.4 is 4.74 Å². The maximum Gasteiger partial charge on any atom is 0.416 e. The van der Waals surface area contributed by atoms with Gasteiger partial charge in [-0.05, 0) is 79.9 Å². The van der Waals surface area contributed by atoms with Crippen LogP contribution in [0.3, 0.4) is 0 Å². The predicted molar refractivity (Wildman–Crippen MR) is 159 cm³/mol. The number of para-hydroxylation sites is 1. The van der Waals surface area contributed by atoms with Crippen LogP contribution in [0.2, 0.25) is 0 Å². The van der Waals surface area contributed by atoms with Gasteiger partial charge in [0, 0.05) is 25.4 Å². The number of hydrogen-bond donors (Lipinski definition) is 0. The van der Waals surface area contributed by atoms with E-state index < -0.39 is 36.0 Å². The second-order valence-electron chi connectivity index (χ2n) is 11.0. The number of ketones is 1. The Labute approximate surface area is 256 Å². The van der Waals surface area contributed by atoms with E-state index in [1.54, 1.807) is 18.2 Å². The third-order valence-corrected chi connectivity index (χ3v) is 7.92. The first-order valence-electron chi connectivity index (χ1n) is 15.0. The predicted octanol–water partition coefficient (Wildman–Crippen LogP) is 7.60. The number of hydrogen-bond acceptors (Lipinski definition) is 6. The molecule has 0 aromatic heterocycles. The molecule has 1 heterocycles. The lowest BCUT2D eigenvalue weighted by molar-refractivity contribution is -0.201. The van der Waals surface area contributed by atoms with Crippen LogP contribution in [-0.2, 0) is 30.0 Å². The Morgan fingerprint density at radius 1 is 1.11 bits per heavy atom. The molecule has 5 atom stereocenters. The van der Waals surface area contributed by atoms with Gasteiger partial charge in [0.25, 0.3) is 0 Å². The molecule has 4 rings (SSSR count). The summed E-state index contributed by atoms with van der Waals surface area (Å²) in [5, 5.41) is 0. The molecular weight excluding hydrogens is 573 g/mol. The molecule has 2 aliphatic rings. The van der Waals surface area contributed by atoms with Crippen LogP contribution in [-0.4, -0.2) is 44.5 Å². The molecular formula is C35H39F3O6. The first kappa shape index (κ1) is 33.2. The number of carbonyl (C=O) groups is 2. The lowest BCUT2D eigenvalue weighted by Crippen LogP contribution is -2.33. The van der Waals surface area contributed by atoms with Gasteiger partial charge >= 0.3 is 12.1 Å². The molecule has 236 valence electrons. The summed E-state index contributed by atoms with van der Waals surface area (Å²) in [7, 11) is 1.30. The normalized spacial score (nSPS) is 22.8. The molecule has 1 saturated heterocycles. The molecule has 0 amide bonds. The Balaban J connectivity index is 1.45. The van der Waals surface area contributed by atoms with Crippen LogP contribution in [0.5, 0.6) is 5.75 Å². The van der Waals surface area contributed by atoms with Crippen molar-refractivity contribution >= 4 is 11.8 Å². The van der Waals surface area contributed by atoms with Crippen LogP contribution in [0.25, 0.3) is 0 Å². The van der Waals surface area contributed by atoms with Crippen molar-refractivity contribution in [2.75, 3.05) is 20.3 Å². The van der Waals surface area contributed by atoms with Crippen LogP contribution in [0.1, 0.15) is 62.0 Å². The number of methoxy groups -OCH3 is 1. The standard InChI is InChI=1S/C35H39F3O6/c1-41-34(40)32(44-33-20-9-11-22-43-33)19-7-3-6-18-29-28(17-8-10-21-42-27-15-4-2-5-16-27)30(24-31(29)39)25-13-12-14-26(23-25)35(36,37)38/h2,4-8,12-17,23,28-30,32-33H,9-11,18-22,24H2,1H3/b17-8+/t3?,28-,29-,30+,32?,33?/m1/s1. The third kappa shape index (κ3) is 9.68. The zero-order chi connectivity index (χ0) is 31.4. The van der Waals surface area contributed by atoms with Gasteiger partial charge < -0.3 is 18.9 Å². The average molecular weight is 613 g/mol. The molecule has 44 heavy (non-hydrogen) atoms. The monoisotopic (exact) mass is 612 g/mol. The Morgan fingerprint density at radius 3 is 2.66 bits per heavy atom. The molecule has 0 spiro atoms. The highest BCUT2D eigenvalue weighted by Crippen LogP contribution is 2.45. The highest BCUT2D eigenvalue weighted by molar-refractivity contribution is 5.85. The second kappa shape index (κ2) is 16.4. The van der Waals surface area contributed by atoms with Crippen molar-refractivity contribution in [2.45, 2.75) is 69.4 Å². The summed E-state index contributed by atoms with van der Waals surface area (Å²) in [5.74, 6) is -0.870. The summed E-state index contributed by atoms with van der Waals surface area (Å²) >= 11 is 0. The van der Waals surface area contributed by atoms with Crippen molar-refractivity contribution in [1.29, 1.82) is 0 Å². The van der Waals surface area contributed by atoms with Gasteiger partial charge in [0.05, 0.1) is 19.3 Å². The minimum absolute atomic E-state index is 0.00846. The van der Waals surface area contributed by atoms with E-state index in [2.05, 4.69) is 5.73 Å². The van der Waals surface area contributed by atoms with E-state index in [9.17, 15) is 22.8 Å². The number of allylic oxidation sites excluding steroid dienone is 1. The van der Waals surface area contributed by atoms with Crippen molar-refractivity contribution in [3.63, 3.8) is 0 Å². The molecule has 0 N–H and O–H groups in total. The molecule has 9 heteroatoms. The van der Waals surface area contributed by atoms with Crippen LogP contribution in [0.4, 0.5) is 13.2 Å². The highest BCUT2D eigenvalue weighted by atomic mass is 19.4. The summed E-state index contributed by atoms with van der Waals surface area (Å²) in [6.07, 6.45) is 5.45. The smallest absolute Gasteiger partial charge is 0.416 e. The molecule has 2 unspecified atom stereocenters. The number of Topliss-reactive ketones (excluding diaryl/α,β-unsaturated/α-hetero) is 1. The first-order chi connectivity index (χ1) is 21.3. The average Bonchev–Trinajstić information content (AvgIpc) is 3.35. The molecule has 1 aliphatic carbocycles. The van der Waals surface area contributed by atoms with Crippen molar-refractivity contribution in [2.24, 2.45) is 11.8 Å². The molecule has 0 radical (unpaired) electrons. The number of carbonyl (C=O) groups excluding carboxylic acids is 2. The van der Waals surface area contributed by atoms with Gasteiger partial charge in [-0.2, -0.15) is 13.2 Å². The van der Waals surface area contributed by atoms with E-state index in [4.69, 9.17) is 18.9 Å². The molecule has 2 fully saturated rings. The molecule has 1 saturated carbocycles. The van der Waals surface area contributed by atoms with Gasteiger partial charge in [0.1, 0.15) is 11.5 Å². The zero-order valence-corrected chi connectivity index (χ0v) is 24.8. The van der Waals surface area contributed by atoms with Crippen LogP contribution in [0.15, 0.2) is 84.6 Å². The summed E-state index contributed by atoms with van der Waals surface area (Å²) in [6, 6.07) is 14.6. The van der Waals surface area contributed by atoms with E-state index >= 15 is 0 Å². The lowest BCUT2D eigenvalue weighted by Gasteiger charge is -2.25. The number of alkyl halides is 3. The topological polar surface area (TPSA) is 71.1 Å². The van der Waals surface area contributed by atoms with E-state index in [0.717, 1.165) is 30.7 Å². The maximum absolute atomic E-state index is 13.5. The summed E-state index contributed by atoms with van der Waals surface area (Å²) in [4.78, 5) is 25.4. The number of esters is 1. The fraction of sp³-hybridized carbons (Fsp3) is 0.457. The number of ether oxygens (including phenoxy) is 4. The molecule has 1 aliphatic heterocycles. The Morgan fingerprint density at radius 2 is 1.93 bits per heavy atom. The number of rotatable bonds is 13. The van der Waals surface area contributed by atoms with E-state index in [0.29, 0.717) is 38.0 Å². The Hall–Kier alpha value is -3.65. The third-order valence-electron chi connectivity index (χ3n) is 7.92. The van der Waals surface area contributed by atoms with E-state index in [-0.39, 0.29) is 30.5 Å². The molecule has 2 aromatic carbocycles. The highest BCUT2D eigenvalue weighted by Gasteiger charge is 2.41. The van der Waals surface area contributed by atoms with Crippen molar-refractivity contribution in [1.82, 2.24) is 0 Å². The first-order valence-corrected chi connectivity index (χ1v) is 15.0. The SMILES string of the molecule is COC(=O)C(CC=C=CC[C@H]1C(=O)C[C@@H](c2cccc(C(F)(F)F)c2)[C@@H]1/C=C/CCOc1ccccc1)OC1CCCCO1. The zero-order valence-electron chi connectivity index (χ0n) is 24.8. The van der Waals surface area contributed by atoms with Gasteiger partial charge in [-0.3, -0.25) is 4.79 Å². The van der Waals surface area contributed by atoms with Crippen molar-refractivity contribution in [3.05, 3.63) is 95.8 Å². The van der Waals surface area contributed by atoms with Gasteiger partial charge in [0.15, 0.2) is 12.4 Å². The summed E-state index contributed by atoms with van der Waals surface area (Å²) < 4.78 is 62.4. The van der Waals surface area contributed by atoms with E-state index in [1.807, 2.05) is 42.5 Å².